The van der Waals surface area contributed by atoms with Gasteiger partial charge in [-0.05, 0) is 73.9 Å². The number of rotatable bonds is 6. The average molecular weight is 492 g/mol. The normalized spacial score (nSPS) is 20.9. The molecule has 0 aliphatic carbocycles. The lowest BCUT2D eigenvalue weighted by Gasteiger charge is -2.32. The smallest absolute Gasteiger partial charge is 0.223 e. The van der Waals surface area contributed by atoms with Gasteiger partial charge in [0.25, 0.3) is 0 Å². The minimum Gasteiger partial charge on any atom is -0.372 e. The summed E-state index contributed by atoms with van der Waals surface area (Å²) in [6, 6.07) is 12.6. The maximum Gasteiger partial charge on any atom is 0.223 e. The number of carbonyl (C=O) groups is 2. The first-order valence-electron chi connectivity index (χ1n) is 13.6. The molecule has 194 valence electrons. The number of nitrogens with one attached hydrogen (secondary N) is 2. The third kappa shape index (κ3) is 8.05. The van der Waals surface area contributed by atoms with Crippen molar-refractivity contribution in [2.75, 3.05) is 37.6 Å². The van der Waals surface area contributed by atoms with Crippen molar-refractivity contribution < 1.29 is 9.59 Å². The van der Waals surface area contributed by atoms with Crippen LogP contribution in [0.15, 0.2) is 48.8 Å². The number of hydrogen-bond donors (Lipinski definition) is 2. The van der Waals surface area contributed by atoms with Crippen LogP contribution in [-0.4, -0.2) is 54.4 Å². The van der Waals surface area contributed by atoms with E-state index >= 15 is 0 Å². The Morgan fingerprint density at radius 1 is 1.03 bits per heavy atom. The highest BCUT2D eigenvalue weighted by atomic mass is 16.2. The van der Waals surface area contributed by atoms with Crippen LogP contribution in [0.1, 0.15) is 56.6 Å². The SMILES string of the molecule is CC1CCN(c2ccc(CNC(=O)C3CCCN(Cc4cccnc4)CCC(=O)NCC3)cc2)CC1. The molecule has 36 heavy (non-hydrogen) atoms. The molecule has 0 spiro atoms. The van der Waals surface area contributed by atoms with Crippen LogP contribution in [-0.2, 0) is 22.7 Å². The summed E-state index contributed by atoms with van der Waals surface area (Å²) in [6.07, 6.45) is 9.04. The lowest BCUT2D eigenvalue weighted by molar-refractivity contribution is -0.126. The Balaban J connectivity index is 1.28. The van der Waals surface area contributed by atoms with E-state index in [4.69, 9.17) is 0 Å². The molecule has 1 unspecified atom stereocenters. The highest BCUT2D eigenvalue weighted by Gasteiger charge is 2.21. The molecule has 2 N–H and O–H groups in total. The molecule has 7 heteroatoms. The van der Waals surface area contributed by atoms with Gasteiger partial charge in [0.15, 0.2) is 0 Å². The van der Waals surface area contributed by atoms with Gasteiger partial charge < -0.3 is 15.5 Å². The number of hydrogen-bond acceptors (Lipinski definition) is 5. The summed E-state index contributed by atoms with van der Waals surface area (Å²) in [5.41, 5.74) is 3.53. The van der Waals surface area contributed by atoms with Crippen LogP contribution >= 0.6 is 0 Å². The van der Waals surface area contributed by atoms with Crippen LogP contribution in [0.4, 0.5) is 5.69 Å². The molecule has 2 saturated heterocycles. The molecule has 7 nitrogen and oxygen atoms in total. The van der Waals surface area contributed by atoms with Crippen LogP contribution in [0.2, 0.25) is 0 Å². The van der Waals surface area contributed by atoms with Crippen LogP contribution < -0.4 is 15.5 Å². The van der Waals surface area contributed by atoms with Crippen molar-refractivity contribution in [1.29, 1.82) is 0 Å². The third-order valence-corrected chi connectivity index (χ3v) is 7.55. The Morgan fingerprint density at radius 3 is 2.58 bits per heavy atom. The number of nitrogens with zero attached hydrogens (tertiary/aromatic N) is 3. The maximum absolute atomic E-state index is 13.1. The summed E-state index contributed by atoms with van der Waals surface area (Å²) >= 11 is 0. The molecule has 0 saturated carbocycles. The van der Waals surface area contributed by atoms with Crippen molar-refractivity contribution in [1.82, 2.24) is 20.5 Å². The molecule has 2 amide bonds. The van der Waals surface area contributed by atoms with E-state index in [9.17, 15) is 9.59 Å². The van der Waals surface area contributed by atoms with Crippen molar-refractivity contribution in [3.8, 4) is 0 Å². The summed E-state index contributed by atoms with van der Waals surface area (Å²) in [5, 5.41) is 6.15. The van der Waals surface area contributed by atoms with Crippen molar-refractivity contribution >= 4 is 17.5 Å². The Kier molecular flexibility index (Phi) is 9.73. The monoisotopic (exact) mass is 491 g/mol. The van der Waals surface area contributed by atoms with E-state index in [2.05, 4.69) is 62.7 Å². The summed E-state index contributed by atoms with van der Waals surface area (Å²) in [4.78, 5) is 34.3. The Labute approximate surface area is 215 Å². The van der Waals surface area contributed by atoms with E-state index < -0.39 is 0 Å². The van der Waals surface area contributed by atoms with E-state index in [-0.39, 0.29) is 17.7 Å². The average Bonchev–Trinajstić information content (AvgIpc) is 2.94. The standard InChI is InChI=1S/C29H41N5O2/c1-23-11-18-34(19-12-23)27-8-6-24(7-9-27)21-32-29(36)26-5-3-16-33(17-13-28(35)31-15-10-26)22-25-4-2-14-30-20-25/h2,4,6-9,14,20,23,26H,3,5,10-13,15-19,21-22H2,1H3,(H,31,35)(H,32,36). The second-order valence-electron chi connectivity index (χ2n) is 10.4. The van der Waals surface area contributed by atoms with Crippen molar-refractivity contribution in [2.45, 2.75) is 58.5 Å². The topological polar surface area (TPSA) is 77.6 Å². The maximum atomic E-state index is 13.1. The number of anilines is 1. The van der Waals surface area contributed by atoms with Gasteiger partial charge >= 0.3 is 0 Å². The van der Waals surface area contributed by atoms with Gasteiger partial charge in [0.05, 0.1) is 0 Å². The van der Waals surface area contributed by atoms with Gasteiger partial charge in [0.1, 0.15) is 0 Å². The minimum absolute atomic E-state index is 0.0514. The second kappa shape index (κ2) is 13.4. The van der Waals surface area contributed by atoms with Crippen molar-refractivity contribution in [2.24, 2.45) is 11.8 Å². The number of benzene rings is 1. The quantitative estimate of drug-likeness (QED) is 0.644. The molecule has 2 aliphatic rings. The van der Waals surface area contributed by atoms with Gasteiger partial charge in [-0.2, -0.15) is 0 Å². The Bertz CT molecular complexity index is 957. The fourth-order valence-corrected chi connectivity index (χ4v) is 5.15. The summed E-state index contributed by atoms with van der Waals surface area (Å²) in [7, 11) is 0. The molecule has 2 aromatic rings. The van der Waals surface area contributed by atoms with Gasteiger partial charge in [-0.1, -0.05) is 25.1 Å². The van der Waals surface area contributed by atoms with Crippen LogP contribution in [0.5, 0.6) is 0 Å². The Morgan fingerprint density at radius 2 is 1.83 bits per heavy atom. The van der Waals surface area contributed by atoms with Gasteiger partial charge in [-0.15, -0.1) is 0 Å². The zero-order valence-corrected chi connectivity index (χ0v) is 21.6. The van der Waals surface area contributed by atoms with Crippen molar-refractivity contribution in [3.05, 3.63) is 59.9 Å². The molecular formula is C29H41N5O2. The third-order valence-electron chi connectivity index (χ3n) is 7.55. The first-order chi connectivity index (χ1) is 17.6. The zero-order valence-electron chi connectivity index (χ0n) is 21.6. The summed E-state index contributed by atoms with van der Waals surface area (Å²) in [5.74, 6) is 0.852. The number of aromatic nitrogens is 1. The molecular weight excluding hydrogens is 450 g/mol. The molecule has 0 bridgehead atoms. The number of pyridine rings is 1. The summed E-state index contributed by atoms with van der Waals surface area (Å²) in [6.45, 7) is 7.99. The molecule has 3 heterocycles. The molecule has 0 radical (unpaired) electrons. The first kappa shape index (κ1) is 26.1. The minimum atomic E-state index is -0.0988. The predicted octanol–water partition coefficient (Wildman–Crippen LogP) is 3.74. The number of carbonyl (C=O) groups excluding carboxylic acids is 2. The van der Waals surface area contributed by atoms with Crippen LogP contribution in [0, 0.1) is 11.8 Å². The molecule has 1 aromatic carbocycles. The largest absolute Gasteiger partial charge is 0.372 e. The number of amides is 2. The highest BCUT2D eigenvalue weighted by molar-refractivity contribution is 5.79. The fraction of sp³-hybridized carbons (Fsp3) is 0.552. The van der Waals surface area contributed by atoms with Crippen LogP contribution in [0.3, 0.4) is 0 Å². The van der Waals surface area contributed by atoms with Crippen LogP contribution in [0.25, 0.3) is 0 Å². The molecule has 1 atom stereocenters. The van der Waals surface area contributed by atoms with Crippen molar-refractivity contribution in [3.63, 3.8) is 0 Å². The molecule has 4 rings (SSSR count). The zero-order chi connectivity index (χ0) is 25.2. The highest BCUT2D eigenvalue weighted by Crippen LogP contribution is 2.23. The predicted molar refractivity (Wildman–Crippen MR) is 143 cm³/mol. The second-order valence-corrected chi connectivity index (χ2v) is 10.4. The lowest BCUT2D eigenvalue weighted by atomic mass is 9.97. The van der Waals surface area contributed by atoms with Gasteiger partial charge in [-0.25, -0.2) is 0 Å². The first-order valence-corrected chi connectivity index (χ1v) is 13.6. The van der Waals surface area contributed by atoms with E-state index in [0.717, 1.165) is 56.1 Å². The van der Waals surface area contributed by atoms with Gasteiger partial charge in [0.2, 0.25) is 11.8 Å². The Hall–Kier alpha value is -2.93. The fourth-order valence-electron chi connectivity index (χ4n) is 5.15. The number of piperidine rings is 1. The van der Waals surface area contributed by atoms with E-state index in [0.29, 0.717) is 32.5 Å². The molecule has 2 fully saturated rings. The molecule has 1 aromatic heterocycles. The molecule has 2 aliphatic heterocycles. The van der Waals surface area contributed by atoms with Gasteiger partial charge in [0, 0.05) is 69.7 Å². The van der Waals surface area contributed by atoms with Gasteiger partial charge in [-0.3, -0.25) is 19.5 Å². The lowest BCUT2D eigenvalue weighted by Crippen LogP contribution is -2.34. The van der Waals surface area contributed by atoms with E-state index in [1.165, 1.54) is 18.5 Å². The van der Waals surface area contributed by atoms with E-state index in [1.807, 2.05) is 12.3 Å². The van der Waals surface area contributed by atoms with E-state index in [1.54, 1.807) is 6.20 Å². The summed E-state index contributed by atoms with van der Waals surface area (Å²) < 4.78 is 0.